The first-order valence-electron chi connectivity index (χ1n) is 8.89. The Hall–Kier alpha value is -3.44. The van der Waals surface area contributed by atoms with Crippen LogP contribution in [0.4, 0.5) is 0 Å². The molecule has 0 N–H and O–H groups in total. The second-order valence-electron chi connectivity index (χ2n) is 6.61. The van der Waals surface area contributed by atoms with Crippen molar-refractivity contribution >= 4 is 21.8 Å². The van der Waals surface area contributed by atoms with Crippen molar-refractivity contribution < 1.29 is 13.2 Å². The first kappa shape index (κ1) is 20.3. The molecule has 0 aromatic heterocycles. The number of amides is 1. The predicted octanol–water partition coefficient (Wildman–Crippen LogP) is 2.15. The molecule has 0 saturated heterocycles. The summed E-state index contributed by atoms with van der Waals surface area (Å²) in [6, 6.07) is 15.6. The fourth-order valence-corrected chi connectivity index (χ4v) is 4.31. The van der Waals surface area contributed by atoms with Gasteiger partial charge in [-0.1, -0.05) is 30.3 Å². The Morgan fingerprint density at radius 3 is 2.55 bits per heavy atom. The van der Waals surface area contributed by atoms with Gasteiger partial charge in [-0.25, -0.2) is 0 Å². The van der Waals surface area contributed by atoms with Crippen molar-refractivity contribution in [2.75, 3.05) is 20.1 Å². The third-order valence-corrected chi connectivity index (χ3v) is 5.83. The topological polar surface area (TPSA) is 93.8 Å². The molecule has 3 rings (SSSR count). The van der Waals surface area contributed by atoms with Crippen molar-refractivity contribution in [2.45, 2.75) is 11.4 Å². The third-order valence-electron chi connectivity index (χ3n) is 4.51. The van der Waals surface area contributed by atoms with Crippen molar-refractivity contribution in [1.82, 2.24) is 9.80 Å². The van der Waals surface area contributed by atoms with E-state index >= 15 is 0 Å². The maximum Gasteiger partial charge on any atom is 0.285 e. The lowest BCUT2D eigenvalue weighted by Gasteiger charge is -2.25. The molecule has 1 amide bonds. The summed E-state index contributed by atoms with van der Waals surface area (Å²) in [5.74, 6) is 0.0621. The highest BCUT2D eigenvalue weighted by Gasteiger charge is 2.31. The van der Waals surface area contributed by atoms with Crippen molar-refractivity contribution in [3.63, 3.8) is 0 Å². The minimum Gasteiger partial charge on any atom is -0.349 e. The fraction of sp³-hybridized carbons (Fsp3) is 0.190. The summed E-state index contributed by atoms with van der Waals surface area (Å²) in [5.41, 5.74) is 1.92. The van der Waals surface area contributed by atoms with Crippen LogP contribution in [0.15, 0.2) is 70.5 Å². The van der Waals surface area contributed by atoms with Gasteiger partial charge in [-0.15, -0.1) is 11.0 Å². The number of rotatable bonds is 6. The van der Waals surface area contributed by atoms with Gasteiger partial charge in [-0.3, -0.25) is 4.79 Å². The van der Waals surface area contributed by atoms with E-state index in [0.717, 1.165) is 5.56 Å². The van der Waals surface area contributed by atoms with Crippen LogP contribution in [-0.2, 0) is 21.4 Å². The van der Waals surface area contributed by atoms with Gasteiger partial charge in [0.15, 0.2) is 5.84 Å². The molecule has 29 heavy (non-hydrogen) atoms. The van der Waals surface area contributed by atoms with Crippen molar-refractivity contribution in [3.8, 4) is 6.07 Å². The van der Waals surface area contributed by atoms with Crippen LogP contribution in [0.1, 0.15) is 16.7 Å². The zero-order chi connectivity index (χ0) is 21.0. The Morgan fingerprint density at radius 2 is 1.90 bits per heavy atom. The van der Waals surface area contributed by atoms with E-state index in [1.165, 1.54) is 6.07 Å². The molecule has 0 aliphatic carbocycles. The Labute approximate surface area is 170 Å². The van der Waals surface area contributed by atoms with Crippen LogP contribution in [-0.4, -0.2) is 50.1 Å². The molecule has 0 spiro atoms. The highest BCUT2D eigenvalue weighted by atomic mass is 32.2. The van der Waals surface area contributed by atoms with Gasteiger partial charge in [0.25, 0.3) is 10.0 Å². The second kappa shape index (κ2) is 8.29. The number of nitrogens with zero attached hydrogens (tertiary/aromatic N) is 4. The van der Waals surface area contributed by atoms with E-state index in [1.54, 1.807) is 65.4 Å². The molecule has 1 aliphatic heterocycles. The van der Waals surface area contributed by atoms with Crippen LogP contribution in [0.5, 0.6) is 0 Å². The van der Waals surface area contributed by atoms with Crippen molar-refractivity contribution in [3.05, 3.63) is 77.9 Å². The van der Waals surface area contributed by atoms with Gasteiger partial charge >= 0.3 is 0 Å². The fourth-order valence-electron chi connectivity index (χ4n) is 3.06. The molecule has 2 aromatic carbocycles. The number of likely N-dealkylation sites (N-methyl/N-ethyl adjacent to an activating group) is 1. The van der Waals surface area contributed by atoms with Crippen molar-refractivity contribution in [1.29, 1.82) is 5.26 Å². The molecule has 8 heteroatoms. The van der Waals surface area contributed by atoms with Crippen LogP contribution in [0.2, 0.25) is 0 Å². The summed E-state index contributed by atoms with van der Waals surface area (Å²) >= 11 is 0. The van der Waals surface area contributed by atoms with E-state index in [1.807, 2.05) is 0 Å². The molecular weight excluding hydrogens is 388 g/mol. The molecule has 7 nitrogen and oxygen atoms in total. The monoisotopic (exact) mass is 408 g/mol. The number of fused-ring (bicyclic) bond motifs is 1. The average Bonchev–Trinajstić information content (AvgIpc) is 2.99. The van der Waals surface area contributed by atoms with Crippen LogP contribution < -0.4 is 0 Å². The zero-order valence-electron chi connectivity index (χ0n) is 15.9. The molecule has 0 fully saturated rings. The number of sulfonamides is 1. The Bertz CT molecular complexity index is 1120. The second-order valence-corrected chi connectivity index (χ2v) is 8.19. The number of carbonyl (C=O) groups is 1. The summed E-state index contributed by atoms with van der Waals surface area (Å²) in [7, 11) is -2.10. The summed E-state index contributed by atoms with van der Waals surface area (Å²) < 4.78 is 28.3. The molecule has 0 radical (unpaired) electrons. The molecule has 0 atom stereocenters. The summed E-state index contributed by atoms with van der Waals surface area (Å²) in [6.45, 7) is 4.36. The minimum atomic E-state index is -3.74. The molecule has 148 valence electrons. The molecule has 2 aromatic rings. The maximum atomic E-state index is 12.9. The maximum absolute atomic E-state index is 12.9. The first-order chi connectivity index (χ1) is 13.9. The van der Waals surface area contributed by atoms with E-state index in [2.05, 4.69) is 17.0 Å². The summed E-state index contributed by atoms with van der Waals surface area (Å²) in [6.07, 6.45) is 1.63. The van der Waals surface area contributed by atoms with Crippen LogP contribution in [0.25, 0.3) is 0 Å². The van der Waals surface area contributed by atoms with Crippen LogP contribution in [0, 0.1) is 11.3 Å². The quantitative estimate of drug-likeness (QED) is 0.683. The van der Waals surface area contributed by atoms with Crippen LogP contribution >= 0.6 is 0 Å². The Balaban J connectivity index is 1.76. The molecule has 1 heterocycles. The minimum absolute atomic E-state index is 0.0349. The number of hydrogen-bond donors (Lipinski definition) is 0. The number of hydrogen-bond acceptors (Lipinski definition) is 5. The number of amidine groups is 1. The molecule has 0 saturated carbocycles. The molecule has 0 unspecified atom stereocenters. The average molecular weight is 408 g/mol. The smallest absolute Gasteiger partial charge is 0.285 e. The van der Waals surface area contributed by atoms with Gasteiger partial charge in [0.2, 0.25) is 5.91 Å². The van der Waals surface area contributed by atoms with E-state index in [0.29, 0.717) is 24.2 Å². The highest BCUT2D eigenvalue weighted by molar-refractivity contribution is 7.90. The number of benzene rings is 2. The van der Waals surface area contributed by atoms with E-state index < -0.39 is 10.0 Å². The standard InChI is InChI=1S/C21H20N4O3S/c1-3-12-25(14-17-10-8-16(13-22)9-11-17)20(26)15-24(2)21-18-6-4-5-7-19(18)29(27,28)23-21/h3-11H,1,12,14-15H2,2H3. The molecular formula is C21H20N4O3S. The van der Waals surface area contributed by atoms with Gasteiger partial charge in [-0.2, -0.15) is 13.7 Å². The lowest BCUT2D eigenvalue weighted by Crippen LogP contribution is -2.41. The Morgan fingerprint density at radius 1 is 1.21 bits per heavy atom. The molecule has 0 bridgehead atoms. The highest BCUT2D eigenvalue weighted by Crippen LogP contribution is 2.26. The number of carbonyl (C=O) groups excluding carboxylic acids is 1. The van der Waals surface area contributed by atoms with Gasteiger partial charge < -0.3 is 9.80 Å². The first-order valence-corrected chi connectivity index (χ1v) is 10.3. The lowest BCUT2D eigenvalue weighted by molar-refractivity contribution is -0.131. The normalized spacial score (nSPS) is 13.7. The summed E-state index contributed by atoms with van der Waals surface area (Å²) in [5, 5.41) is 8.91. The predicted molar refractivity (Wildman–Crippen MR) is 110 cm³/mol. The lowest BCUT2D eigenvalue weighted by atomic mass is 10.1. The van der Waals surface area contributed by atoms with E-state index in [4.69, 9.17) is 5.26 Å². The largest absolute Gasteiger partial charge is 0.349 e. The Kier molecular flexibility index (Phi) is 5.80. The van der Waals surface area contributed by atoms with E-state index in [-0.39, 0.29) is 23.2 Å². The van der Waals surface area contributed by atoms with E-state index in [9.17, 15) is 13.2 Å². The third kappa shape index (κ3) is 4.36. The molecule has 1 aliphatic rings. The van der Waals surface area contributed by atoms with Gasteiger partial charge in [-0.05, 0) is 29.8 Å². The van der Waals surface area contributed by atoms with Gasteiger partial charge in [0.05, 0.1) is 18.2 Å². The SMILES string of the molecule is C=CCN(Cc1ccc(C#N)cc1)C(=O)CN(C)C1=NS(=O)(=O)c2ccccc21. The summed E-state index contributed by atoms with van der Waals surface area (Å²) in [4.78, 5) is 16.2. The van der Waals surface area contributed by atoms with Gasteiger partial charge in [0.1, 0.15) is 4.90 Å². The van der Waals surface area contributed by atoms with Gasteiger partial charge in [0, 0.05) is 25.7 Å². The number of nitriles is 1. The zero-order valence-corrected chi connectivity index (χ0v) is 16.8. The van der Waals surface area contributed by atoms with Crippen LogP contribution in [0.3, 0.4) is 0 Å². The van der Waals surface area contributed by atoms with Crippen molar-refractivity contribution in [2.24, 2.45) is 4.40 Å².